The monoisotopic (exact) mass is 370 g/mol. The molecule has 5 atom stereocenters. The van der Waals surface area contributed by atoms with Gasteiger partial charge in [0, 0.05) is 13.5 Å². The maximum absolute atomic E-state index is 11.3. The first-order valence-electron chi connectivity index (χ1n) is 10.8. The molecule has 3 heteroatoms. The van der Waals surface area contributed by atoms with Gasteiger partial charge >= 0.3 is 5.97 Å². The highest BCUT2D eigenvalue weighted by atomic mass is 16.5. The number of hydrogen-bond acceptors (Lipinski definition) is 3. The summed E-state index contributed by atoms with van der Waals surface area (Å²) in [6, 6.07) is 6.32. The number of ether oxygens (including phenoxy) is 2. The molecular formula is C24H34O3. The van der Waals surface area contributed by atoms with E-state index in [2.05, 4.69) is 32.9 Å². The predicted molar refractivity (Wildman–Crippen MR) is 107 cm³/mol. The molecule has 1 aromatic rings. The number of fused-ring (bicyclic) bond motifs is 5. The topological polar surface area (TPSA) is 35.5 Å². The molecule has 3 aliphatic carbocycles. The molecule has 0 saturated heterocycles. The van der Waals surface area contributed by atoms with E-state index in [-0.39, 0.29) is 11.6 Å². The SMILES string of the molecule is CCCOC1(C)CCC2C3CCc4cc(OC(C)=O)ccc4C3CCC21C. The van der Waals surface area contributed by atoms with Crippen LogP contribution in [0.1, 0.15) is 83.3 Å². The zero-order valence-corrected chi connectivity index (χ0v) is 17.3. The van der Waals surface area contributed by atoms with E-state index in [0.717, 1.165) is 31.3 Å². The summed E-state index contributed by atoms with van der Waals surface area (Å²) < 4.78 is 11.8. The van der Waals surface area contributed by atoms with Crippen LogP contribution in [0.25, 0.3) is 0 Å². The maximum Gasteiger partial charge on any atom is 0.308 e. The Kier molecular flexibility index (Phi) is 4.86. The Labute approximate surface area is 163 Å². The lowest BCUT2D eigenvalue weighted by Crippen LogP contribution is -2.50. The van der Waals surface area contributed by atoms with Crippen LogP contribution in [0, 0.1) is 17.3 Å². The van der Waals surface area contributed by atoms with Crippen LogP contribution in [0.3, 0.4) is 0 Å². The van der Waals surface area contributed by atoms with Gasteiger partial charge in [-0.05, 0) is 98.3 Å². The standard InChI is InChI=1S/C24H34O3/c1-5-14-26-24(4)13-11-22-21-8-6-17-15-18(27-16(2)25)7-9-19(17)20(21)10-12-23(22,24)3/h7,9,15,20-22H,5-6,8,10-14H2,1-4H3. The average molecular weight is 371 g/mol. The number of aryl methyl sites for hydroxylation is 1. The van der Waals surface area contributed by atoms with Gasteiger partial charge in [-0.15, -0.1) is 0 Å². The van der Waals surface area contributed by atoms with E-state index in [1.807, 2.05) is 6.07 Å². The average Bonchev–Trinajstić information content (AvgIpc) is 2.91. The minimum Gasteiger partial charge on any atom is -0.427 e. The molecule has 148 valence electrons. The van der Waals surface area contributed by atoms with Gasteiger partial charge in [-0.1, -0.05) is 19.9 Å². The highest BCUT2D eigenvalue weighted by molar-refractivity contribution is 5.69. The Bertz CT molecular complexity index is 726. The van der Waals surface area contributed by atoms with Crippen molar-refractivity contribution < 1.29 is 14.3 Å². The molecule has 2 saturated carbocycles. The van der Waals surface area contributed by atoms with Crippen molar-refractivity contribution in [2.75, 3.05) is 6.61 Å². The van der Waals surface area contributed by atoms with Crippen LogP contribution in [-0.4, -0.2) is 18.2 Å². The number of rotatable bonds is 4. The molecule has 0 N–H and O–H groups in total. The second-order valence-electron chi connectivity index (χ2n) is 9.44. The van der Waals surface area contributed by atoms with Crippen LogP contribution in [0.2, 0.25) is 0 Å². The summed E-state index contributed by atoms with van der Waals surface area (Å²) in [5.74, 6) is 2.64. The van der Waals surface area contributed by atoms with Crippen molar-refractivity contribution in [1.82, 2.24) is 0 Å². The van der Waals surface area contributed by atoms with Gasteiger partial charge < -0.3 is 9.47 Å². The molecule has 0 bridgehead atoms. The van der Waals surface area contributed by atoms with Crippen molar-refractivity contribution >= 4 is 5.97 Å². The Morgan fingerprint density at radius 2 is 2.00 bits per heavy atom. The molecule has 3 aliphatic rings. The quantitative estimate of drug-likeness (QED) is 0.507. The molecule has 4 rings (SSSR count). The Hall–Kier alpha value is -1.35. The van der Waals surface area contributed by atoms with Crippen LogP contribution in [0.4, 0.5) is 0 Å². The van der Waals surface area contributed by atoms with E-state index in [1.54, 1.807) is 0 Å². The van der Waals surface area contributed by atoms with Crippen molar-refractivity contribution in [3.05, 3.63) is 29.3 Å². The number of hydrogen-bond donors (Lipinski definition) is 0. The lowest BCUT2D eigenvalue weighted by atomic mass is 9.53. The van der Waals surface area contributed by atoms with E-state index in [9.17, 15) is 4.79 Å². The molecule has 1 aromatic carbocycles. The molecular weight excluding hydrogens is 336 g/mol. The first-order valence-corrected chi connectivity index (χ1v) is 10.8. The number of esters is 1. The summed E-state index contributed by atoms with van der Waals surface area (Å²) in [5.41, 5.74) is 3.24. The predicted octanol–water partition coefficient (Wildman–Crippen LogP) is 5.65. The minimum absolute atomic E-state index is 0.0398. The number of benzene rings is 1. The van der Waals surface area contributed by atoms with Crippen molar-refractivity contribution in [1.29, 1.82) is 0 Å². The highest BCUT2D eigenvalue weighted by Gasteiger charge is 2.60. The van der Waals surface area contributed by atoms with E-state index in [4.69, 9.17) is 9.47 Å². The summed E-state index contributed by atoms with van der Waals surface area (Å²) in [6.45, 7) is 9.45. The number of carbonyl (C=O) groups is 1. The molecule has 0 heterocycles. The van der Waals surface area contributed by atoms with Crippen LogP contribution in [0.15, 0.2) is 18.2 Å². The van der Waals surface area contributed by atoms with E-state index in [0.29, 0.717) is 17.1 Å². The molecule has 0 radical (unpaired) electrons. The second kappa shape index (κ2) is 6.92. The molecule has 0 amide bonds. The zero-order valence-electron chi connectivity index (χ0n) is 17.3. The van der Waals surface area contributed by atoms with Crippen molar-refractivity contribution in [3.8, 4) is 5.75 Å². The van der Waals surface area contributed by atoms with E-state index in [1.165, 1.54) is 50.2 Å². The van der Waals surface area contributed by atoms with Gasteiger partial charge in [-0.2, -0.15) is 0 Å². The van der Waals surface area contributed by atoms with E-state index < -0.39 is 0 Å². The Morgan fingerprint density at radius 1 is 1.19 bits per heavy atom. The third-order valence-corrected chi connectivity index (χ3v) is 8.11. The molecule has 0 spiro atoms. The van der Waals surface area contributed by atoms with Gasteiger partial charge in [0.1, 0.15) is 5.75 Å². The normalized spacial score (nSPS) is 37.3. The fourth-order valence-corrected chi connectivity index (χ4v) is 6.58. The first-order chi connectivity index (χ1) is 12.9. The van der Waals surface area contributed by atoms with Crippen LogP contribution >= 0.6 is 0 Å². The highest BCUT2D eigenvalue weighted by Crippen LogP contribution is 2.65. The van der Waals surface area contributed by atoms with Crippen LogP contribution in [0.5, 0.6) is 5.75 Å². The molecule has 0 aromatic heterocycles. The molecule has 5 unspecified atom stereocenters. The van der Waals surface area contributed by atoms with Crippen LogP contribution in [-0.2, 0) is 16.0 Å². The van der Waals surface area contributed by atoms with Crippen molar-refractivity contribution in [2.24, 2.45) is 17.3 Å². The molecule has 3 nitrogen and oxygen atoms in total. The van der Waals surface area contributed by atoms with Crippen molar-refractivity contribution in [2.45, 2.75) is 84.2 Å². The lowest BCUT2D eigenvalue weighted by molar-refractivity contribution is -0.133. The first kappa shape index (κ1) is 19.0. The van der Waals surface area contributed by atoms with Gasteiger partial charge in [0.15, 0.2) is 0 Å². The smallest absolute Gasteiger partial charge is 0.308 e. The van der Waals surface area contributed by atoms with Gasteiger partial charge in [0.25, 0.3) is 0 Å². The van der Waals surface area contributed by atoms with Crippen molar-refractivity contribution in [3.63, 3.8) is 0 Å². The fraction of sp³-hybridized carbons (Fsp3) is 0.708. The summed E-state index contributed by atoms with van der Waals surface area (Å²) in [7, 11) is 0. The Morgan fingerprint density at radius 3 is 2.74 bits per heavy atom. The fourth-order valence-electron chi connectivity index (χ4n) is 6.58. The van der Waals surface area contributed by atoms with E-state index >= 15 is 0 Å². The van der Waals surface area contributed by atoms with Gasteiger partial charge in [-0.3, -0.25) is 4.79 Å². The number of carbonyl (C=O) groups excluding carboxylic acids is 1. The third kappa shape index (κ3) is 3.03. The molecule has 2 fully saturated rings. The Balaban J connectivity index is 1.59. The summed E-state index contributed by atoms with van der Waals surface area (Å²) in [6.07, 6.45) is 8.47. The third-order valence-electron chi connectivity index (χ3n) is 8.11. The summed E-state index contributed by atoms with van der Waals surface area (Å²) >= 11 is 0. The van der Waals surface area contributed by atoms with Gasteiger partial charge in [0.2, 0.25) is 0 Å². The lowest BCUT2D eigenvalue weighted by Gasteiger charge is -2.53. The van der Waals surface area contributed by atoms with Gasteiger partial charge in [-0.25, -0.2) is 0 Å². The maximum atomic E-state index is 11.3. The molecule has 27 heavy (non-hydrogen) atoms. The summed E-state index contributed by atoms with van der Waals surface area (Å²) in [4.78, 5) is 11.3. The largest absolute Gasteiger partial charge is 0.427 e. The second-order valence-corrected chi connectivity index (χ2v) is 9.44. The van der Waals surface area contributed by atoms with Crippen LogP contribution < -0.4 is 4.74 Å². The minimum atomic E-state index is -0.241. The zero-order chi connectivity index (χ0) is 19.2. The van der Waals surface area contributed by atoms with Gasteiger partial charge in [0.05, 0.1) is 5.60 Å². The molecule has 0 aliphatic heterocycles. The summed E-state index contributed by atoms with van der Waals surface area (Å²) in [5, 5.41) is 0.